The highest BCUT2D eigenvalue weighted by Crippen LogP contribution is 2.20. The maximum atomic E-state index is 10.0. The fourth-order valence-corrected chi connectivity index (χ4v) is 1.23. The fourth-order valence-electron chi connectivity index (χ4n) is 0.386. The minimum atomic E-state index is 0.569. The monoisotopic (exact) mass is 146 g/mol. The number of halogens is 1. The summed E-state index contributed by atoms with van der Waals surface area (Å²) in [7, 11) is 0. The summed E-state index contributed by atoms with van der Waals surface area (Å²) >= 11 is 6.89. The van der Waals surface area contributed by atoms with Crippen LogP contribution < -0.4 is 0 Å². The number of carbonyl (C=O) groups excluding carboxylic acids is 1. The zero-order valence-electron chi connectivity index (χ0n) is 3.93. The van der Waals surface area contributed by atoms with Crippen molar-refractivity contribution in [2.75, 3.05) is 0 Å². The molecule has 0 aliphatic rings. The number of rotatable bonds is 1. The molecule has 0 unspecified atom stereocenters. The van der Waals surface area contributed by atoms with Crippen LogP contribution in [0.5, 0.6) is 0 Å². The van der Waals surface area contributed by atoms with Crippen molar-refractivity contribution in [1.82, 2.24) is 0 Å². The maximum absolute atomic E-state index is 10.0. The first-order valence-electron chi connectivity index (χ1n) is 2.03. The molecule has 0 radical (unpaired) electrons. The van der Waals surface area contributed by atoms with Crippen LogP contribution in [-0.4, -0.2) is 6.29 Å². The van der Waals surface area contributed by atoms with E-state index in [0.717, 1.165) is 6.29 Å². The van der Waals surface area contributed by atoms with Gasteiger partial charge < -0.3 is 0 Å². The Labute approximate surface area is 55.9 Å². The number of aldehydes is 1. The van der Waals surface area contributed by atoms with Gasteiger partial charge in [0.25, 0.3) is 0 Å². The van der Waals surface area contributed by atoms with Crippen LogP contribution in [0, 0.1) is 0 Å². The van der Waals surface area contributed by atoms with Crippen molar-refractivity contribution in [2.45, 2.75) is 0 Å². The highest BCUT2D eigenvalue weighted by molar-refractivity contribution is 7.14. The Kier molecular flexibility index (Phi) is 1.65. The van der Waals surface area contributed by atoms with E-state index in [1.54, 1.807) is 11.4 Å². The summed E-state index contributed by atoms with van der Waals surface area (Å²) in [5, 5.41) is 1.78. The van der Waals surface area contributed by atoms with E-state index in [2.05, 4.69) is 0 Å². The molecule has 0 bridgehead atoms. The van der Waals surface area contributed by atoms with Crippen LogP contribution in [0.15, 0.2) is 11.4 Å². The van der Waals surface area contributed by atoms with Gasteiger partial charge in [-0.2, -0.15) is 0 Å². The summed E-state index contributed by atoms with van der Waals surface area (Å²) in [4.78, 5) is 10.0. The van der Waals surface area contributed by atoms with Gasteiger partial charge in [0.2, 0.25) is 0 Å². The van der Waals surface area contributed by atoms with E-state index in [4.69, 9.17) is 11.6 Å². The van der Waals surface area contributed by atoms with Crippen LogP contribution in [0.1, 0.15) is 10.4 Å². The number of thiophene rings is 1. The van der Waals surface area contributed by atoms with Gasteiger partial charge in [0, 0.05) is 5.56 Å². The lowest BCUT2D eigenvalue weighted by atomic mass is 10.4. The van der Waals surface area contributed by atoms with Gasteiger partial charge in [0.15, 0.2) is 6.29 Å². The normalized spacial score (nSPS) is 9.12. The lowest BCUT2D eigenvalue weighted by Gasteiger charge is -1.76. The molecule has 3 heteroatoms. The second-order valence-electron chi connectivity index (χ2n) is 1.27. The van der Waals surface area contributed by atoms with Gasteiger partial charge in [0.05, 0.1) is 0 Å². The molecule has 0 atom stereocenters. The van der Waals surface area contributed by atoms with Crippen LogP contribution in [-0.2, 0) is 0 Å². The molecule has 0 amide bonds. The van der Waals surface area contributed by atoms with Gasteiger partial charge in [-0.1, -0.05) is 11.6 Å². The molecule has 42 valence electrons. The number of carbonyl (C=O) groups is 1. The molecule has 0 saturated carbocycles. The van der Waals surface area contributed by atoms with Gasteiger partial charge in [-0.15, -0.1) is 11.3 Å². The first-order chi connectivity index (χ1) is 3.84. The molecule has 0 aliphatic heterocycles. The average Bonchev–Trinajstić information content (AvgIpc) is 2.14. The zero-order valence-corrected chi connectivity index (χ0v) is 5.50. The van der Waals surface area contributed by atoms with Gasteiger partial charge in [0.1, 0.15) is 4.34 Å². The minimum Gasteiger partial charge on any atom is -0.298 e. The topological polar surface area (TPSA) is 17.1 Å². The van der Waals surface area contributed by atoms with Crippen molar-refractivity contribution in [1.29, 1.82) is 0 Å². The van der Waals surface area contributed by atoms with Crippen molar-refractivity contribution < 1.29 is 4.79 Å². The second-order valence-corrected chi connectivity index (χ2v) is 2.79. The molecule has 8 heavy (non-hydrogen) atoms. The van der Waals surface area contributed by atoms with Crippen molar-refractivity contribution in [3.05, 3.63) is 21.3 Å². The highest BCUT2D eigenvalue weighted by Gasteiger charge is 1.95. The van der Waals surface area contributed by atoms with Crippen LogP contribution in [0.4, 0.5) is 0 Å². The summed E-state index contributed by atoms with van der Waals surface area (Å²) in [5.74, 6) is 0. The number of hydrogen-bond acceptors (Lipinski definition) is 2. The van der Waals surface area contributed by atoms with Crippen LogP contribution in [0.2, 0.25) is 4.34 Å². The molecule has 0 aliphatic carbocycles. The molecule has 0 spiro atoms. The molecular formula is C5H3ClOS. The second kappa shape index (κ2) is 2.29. The van der Waals surface area contributed by atoms with E-state index < -0.39 is 0 Å². The van der Waals surface area contributed by atoms with Crippen molar-refractivity contribution in [2.24, 2.45) is 0 Å². The third-order valence-corrected chi connectivity index (χ3v) is 1.97. The van der Waals surface area contributed by atoms with Gasteiger partial charge in [-0.3, -0.25) is 4.79 Å². The zero-order chi connectivity index (χ0) is 5.98. The molecule has 1 heterocycles. The third-order valence-electron chi connectivity index (χ3n) is 0.773. The molecule has 1 aromatic heterocycles. The summed E-state index contributed by atoms with van der Waals surface area (Å²) in [5.41, 5.74) is 0.580. The smallest absolute Gasteiger partial charge is 0.152 e. The predicted molar refractivity (Wildman–Crippen MR) is 34.7 cm³/mol. The Balaban J connectivity index is 3.09. The van der Waals surface area contributed by atoms with Crippen molar-refractivity contribution in [3.8, 4) is 0 Å². The lowest BCUT2D eigenvalue weighted by molar-refractivity contribution is 0.112. The Morgan fingerprint density at radius 2 is 2.50 bits per heavy atom. The first kappa shape index (κ1) is 5.79. The third kappa shape index (κ3) is 0.904. The molecule has 1 nitrogen and oxygen atoms in total. The summed E-state index contributed by atoms with van der Waals surface area (Å²) in [6, 6.07) is 1.69. The van der Waals surface area contributed by atoms with Gasteiger partial charge >= 0.3 is 0 Å². The summed E-state index contributed by atoms with van der Waals surface area (Å²) < 4.78 is 0.569. The quantitative estimate of drug-likeness (QED) is 0.556. The van der Waals surface area contributed by atoms with Crippen molar-refractivity contribution in [3.63, 3.8) is 0 Å². The van der Waals surface area contributed by atoms with Crippen molar-refractivity contribution >= 4 is 29.2 Å². The first-order valence-corrected chi connectivity index (χ1v) is 3.28. The van der Waals surface area contributed by atoms with E-state index in [0.29, 0.717) is 9.90 Å². The van der Waals surface area contributed by atoms with Gasteiger partial charge in [-0.05, 0) is 11.4 Å². The molecule has 0 fully saturated rings. The standard InChI is InChI=1S/C5H3ClOS/c6-5-4(3-7)1-2-8-5/h1-3H. The largest absolute Gasteiger partial charge is 0.298 e. The summed E-state index contributed by atoms with van der Waals surface area (Å²) in [6.45, 7) is 0. The van der Waals surface area contributed by atoms with Crippen LogP contribution in [0.3, 0.4) is 0 Å². The van der Waals surface area contributed by atoms with E-state index in [-0.39, 0.29) is 0 Å². The molecule has 0 aromatic carbocycles. The molecular weight excluding hydrogens is 144 g/mol. The van der Waals surface area contributed by atoms with Crippen LogP contribution in [0.25, 0.3) is 0 Å². The van der Waals surface area contributed by atoms with E-state index in [9.17, 15) is 4.79 Å². The molecule has 1 aromatic rings. The SMILES string of the molecule is O=Cc1ccsc1Cl. The Bertz CT molecular complexity index is 194. The van der Waals surface area contributed by atoms with Crippen LogP contribution >= 0.6 is 22.9 Å². The van der Waals surface area contributed by atoms with Gasteiger partial charge in [-0.25, -0.2) is 0 Å². The Morgan fingerprint density at radius 3 is 2.75 bits per heavy atom. The molecule has 0 N–H and O–H groups in total. The Morgan fingerprint density at radius 1 is 1.75 bits per heavy atom. The molecule has 1 rings (SSSR count). The van der Waals surface area contributed by atoms with E-state index >= 15 is 0 Å². The lowest BCUT2D eigenvalue weighted by Crippen LogP contribution is -1.68. The highest BCUT2D eigenvalue weighted by atomic mass is 35.5. The predicted octanol–water partition coefficient (Wildman–Crippen LogP) is 2.21. The maximum Gasteiger partial charge on any atom is 0.152 e. The average molecular weight is 147 g/mol. The molecule has 0 saturated heterocycles. The minimum absolute atomic E-state index is 0.569. The Hall–Kier alpha value is -0.340. The van der Waals surface area contributed by atoms with E-state index in [1.807, 2.05) is 0 Å². The fraction of sp³-hybridized carbons (Fsp3) is 0. The number of hydrogen-bond donors (Lipinski definition) is 0. The van der Waals surface area contributed by atoms with E-state index in [1.165, 1.54) is 11.3 Å². The summed E-state index contributed by atoms with van der Waals surface area (Å²) in [6.07, 6.45) is 0.749.